The molecule has 0 aliphatic heterocycles. The van der Waals surface area contributed by atoms with Crippen LogP contribution < -0.4 is 9.47 Å². The molecule has 0 radical (unpaired) electrons. The van der Waals surface area contributed by atoms with Gasteiger partial charge in [0.25, 0.3) is 0 Å². The van der Waals surface area contributed by atoms with E-state index in [1.807, 2.05) is 0 Å². The molecule has 0 heterocycles. The Labute approximate surface area is 182 Å². The maximum atomic E-state index is 5.61. The number of rotatable bonds is 15. The molecule has 0 unspecified atom stereocenters. The smallest absolute Gasteiger partial charge is 0.188 e. The number of unbranched alkanes of at least 4 members (excludes halogenated alkanes) is 3. The Morgan fingerprint density at radius 3 is 1.43 bits per heavy atom. The molecule has 0 fully saturated rings. The largest absolute Gasteiger partial charge is 0.468 e. The Kier molecular flexibility index (Phi) is 10.7. The number of ether oxygens (including phenoxy) is 4. The summed E-state index contributed by atoms with van der Waals surface area (Å²) < 4.78 is 21.3. The third kappa shape index (κ3) is 6.75. The van der Waals surface area contributed by atoms with Gasteiger partial charge in [0.1, 0.15) is 11.5 Å². The molecule has 0 amide bonds. The van der Waals surface area contributed by atoms with Gasteiger partial charge in [0.05, 0.1) is 0 Å². The highest BCUT2D eigenvalue weighted by Gasteiger charge is 2.33. The molecule has 0 saturated carbocycles. The molecule has 4 nitrogen and oxygen atoms in total. The van der Waals surface area contributed by atoms with E-state index >= 15 is 0 Å². The predicted molar refractivity (Wildman–Crippen MR) is 122 cm³/mol. The Balaban J connectivity index is 2.40. The van der Waals surface area contributed by atoms with Crippen LogP contribution in [0.4, 0.5) is 0 Å². The van der Waals surface area contributed by atoms with E-state index in [1.54, 1.807) is 14.2 Å². The van der Waals surface area contributed by atoms with Gasteiger partial charge in [-0.25, -0.2) is 0 Å². The summed E-state index contributed by atoms with van der Waals surface area (Å²) in [5, 5.41) is 0. The first-order valence-corrected chi connectivity index (χ1v) is 11.1. The van der Waals surface area contributed by atoms with Crippen molar-refractivity contribution in [2.24, 2.45) is 0 Å². The van der Waals surface area contributed by atoms with Gasteiger partial charge in [-0.15, -0.1) is 0 Å². The Hall–Kier alpha value is -2.04. The summed E-state index contributed by atoms with van der Waals surface area (Å²) in [6, 6.07) is 17.1. The van der Waals surface area contributed by atoms with Crippen molar-refractivity contribution in [3.05, 3.63) is 59.7 Å². The zero-order valence-corrected chi connectivity index (χ0v) is 19.1. The predicted octanol–water partition coefficient (Wildman–Crippen LogP) is 6.71. The topological polar surface area (TPSA) is 36.9 Å². The summed E-state index contributed by atoms with van der Waals surface area (Å²) in [4.78, 5) is 0. The van der Waals surface area contributed by atoms with E-state index in [1.165, 1.54) is 43.2 Å². The lowest BCUT2D eigenvalue weighted by Crippen LogP contribution is -2.28. The van der Waals surface area contributed by atoms with Crippen molar-refractivity contribution in [2.45, 2.75) is 64.2 Å². The number of hydrogen-bond acceptors (Lipinski definition) is 4. The van der Waals surface area contributed by atoms with Gasteiger partial charge in [-0.3, -0.25) is 0 Å². The van der Waals surface area contributed by atoms with Crippen molar-refractivity contribution >= 4 is 0 Å². The molecule has 0 atom stereocenters. The monoisotopic (exact) mass is 414 g/mol. The summed E-state index contributed by atoms with van der Waals surface area (Å²) >= 11 is 0. The van der Waals surface area contributed by atoms with E-state index in [2.05, 4.69) is 62.4 Å². The normalized spacial score (nSPS) is 11.5. The zero-order chi connectivity index (χ0) is 21.7. The minimum absolute atomic E-state index is 0.00917. The fourth-order valence-electron chi connectivity index (χ4n) is 4.02. The molecule has 2 rings (SSSR count). The standard InChI is InChI=1S/C26H38O4/c1-5-7-9-19-26(18-8-6-2,22-10-14-24(15-11-22)29-20-27-3)23-12-16-25(17-13-23)30-21-28-4/h10-17H,5-9,18-21H2,1-4H3. The quantitative estimate of drug-likeness (QED) is 0.240. The summed E-state index contributed by atoms with van der Waals surface area (Å²) in [6.07, 6.45) is 8.32. The number of benzene rings is 2. The van der Waals surface area contributed by atoms with E-state index in [0.29, 0.717) is 0 Å². The zero-order valence-electron chi connectivity index (χ0n) is 19.1. The van der Waals surface area contributed by atoms with Gasteiger partial charge in [-0.2, -0.15) is 0 Å². The maximum Gasteiger partial charge on any atom is 0.188 e. The summed E-state index contributed by atoms with van der Waals surface area (Å²) in [5.74, 6) is 1.67. The Bertz CT molecular complexity index is 642. The second kappa shape index (κ2) is 13.3. The molecule has 0 aliphatic rings. The van der Waals surface area contributed by atoms with Crippen LogP contribution in [0.5, 0.6) is 11.5 Å². The second-order valence-corrected chi connectivity index (χ2v) is 7.79. The van der Waals surface area contributed by atoms with Gasteiger partial charge in [-0.1, -0.05) is 70.2 Å². The first-order chi connectivity index (χ1) is 14.7. The van der Waals surface area contributed by atoms with Crippen LogP contribution in [-0.2, 0) is 14.9 Å². The van der Waals surface area contributed by atoms with Crippen LogP contribution in [0, 0.1) is 0 Å². The molecule has 4 heteroatoms. The van der Waals surface area contributed by atoms with Gasteiger partial charge in [0.2, 0.25) is 0 Å². The highest BCUT2D eigenvalue weighted by atomic mass is 16.7. The van der Waals surface area contributed by atoms with Crippen LogP contribution in [0.1, 0.15) is 69.9 Å². The van der Waals surface area contributed by atoms with Crippen LogP contribution in [0.2, 0.25) is 0 Å². The second-order valence-electron chi connectivity index (χ2n) is 7.79. The molecule has 166 valence electrons. The molecular formula is C26H38O4. The van der Waals surface area contributed by atoms with Crippen LogP contribution in [0.15, 0.2) is 48.5 Å². The van der Waals surface area contributed by atoms with Crippen LogP contribution in [-0.4, -0.2) is 27.8 Å². The van der Waals surface area contributed by atoms with E-state index in [4.69, 9.17) is 18.9 Å². The molecule has 0 bridgehead atoms. The first-order valence-electron chi connectivity index (χ1n) is 11.1. The molecule has 30 heavy (non-hydrogen) atoms. The summed E-state index contributed by atoms with van der Waals surface area (Å²) in [5.41, 5.74) is 2.69. The average molecular weight is 415 g/mol. The van der Waals surface area contributed by atoms with E-state index in [0.717, 1.165) is 24.3 Å². The van der Waals surface area contributed by atoms with Crippen molar-refractivity contribution < 1.29 is 18.9 Å². The number of methoxy groups -OCH3 is 2. The third-order valence-electron chi connectivity index (χ3n) is 5.66. The third-order valence-corrected chi connectivity index (χ3v) is 5.66. The van der Waals surface area contributed by atoms with E-state index in [9.17, 15) is 0 Å². The van der Waals surface area contributed by atoms with Crippen molar-refractivity contribution in [1.29, 1.82) is 0 Å². The summed E-state index contributed by atoms with van der Waals surface area (Å²) in [7, 11) is 3.27. The molecule has 2 aromatic carbocycles. The minimum atomic E-state index is -0.00917. The van der Waals surface area contributed by atoms with E-state index in [-0.39, 0.29) is 19.0 Å². The van der Waals surface area contributed by atoms with Gasteiger partial charge in [0.15, 0.2) is 13.6 Å². The highest BCUT2D eigenvalue weighted by Crippen LogP contribution is 2.43. The van der Waals surface area contributed by atoms with Gasteiger partial charge < -0.3 is 18.9 Å². The molecular weight excluding hydrogens is 376 g/mol. The molecule has 0 N–H and O–H groups in total. The molecule has 0 saturated heterocycles. The Morgan fingerprint density at radius 2 is 1.03 bits per heavy atom. The van der Waals surface area contributed by atoms with Crippen LogP contribution in [0.3, 0.4) is 0 Å². The van der Waals surface area contributed by atoms with Crippen molar-refractivity contribution in [2.75, 3.05) is 27.8 Å². The lowest BCUT2D eigenvalue weighted by molar-refractivity contribution is 0.0509. The summed E-state index contributed by atoms with van der Waals surface area (Å²) in [6.45, 7) is 5.05. The number of hydrogen-bond donors (Lipinski definition) is 0. The molecule has 0 aromatic heterocycles. The highest BCUT2D eigenvalue weighted by molar-refractivity contribution is 5.43. The lowest BCUT2D eigenvalue weighted by atomic mass is 9.68. The fraction of sp³-hybridized carbons (Fsp3) is 0.538. The van der Waals surface area contributed by atoms with Crippen molar-refractivity contribution in [3.8, 4) is 11.5 Å². The van der Waals surface area contributed by atoms with Crippen molar-refractivity contribution in [1.82, 2.24) is 0 Å². The van der Waals surface area contributed by atoms with Gasteiger partial charge in [0, 0.05) is 19.6 Å². The molecule has 0 spiro atoms. The van der Waals surface area contributed by atoms with Crippen LogP contribution in [0.25, 0.3) is 0 Å². The maximum absolute atomic E-state index is 5.61. The Morgan fingerprint density at radius 1 is 0.600 bits per heavy atom. The minimum Gasteiger partial charge on any atom is -0.468 e. The average Bonchev–Trinajstić information content (AvgIpc) is 2.79. The first kappa shape index (κ1) is 24.2. The van der Waals surface area contributed by atoms with E-state index < -0.39 is 0 Å². The van der Waals surface area contributed by atoms with Gasteiger partial charge in [-0.05, 0) is 48.2 Å². The van der Waals surface area contributed by atoms with Crippen LogP contribution >= 0.6 is 0 Å². The molecule has 0 aliphatic carbocycles. The fourth-order valence-corrected chi connectivity index (χ4v) is 4.02. The van der Waals surface area contributed by atoms with Crippen molar-refractivity contribution in [3.63, 3.8) is 0 Å². The SMILES string of the molecule is CCCCCC(CCCC)(c1ccc(OCOC)cc1)c1ccc(OCOC)cc1. The molecule has 2 aromatic rings. The lowest BCUT2D eigenvalue weighted by Gasteiger charge is -2.36. The van der Waals surface area contributed by atoms with Gasteiger partial charge >= 0.3 is 0 Å².